The van der Waals surface area contributed by atoms with Gasteiger partial charge < -0.3 is 0 Å². The molecule has 0 heteroatoms. The Balaban J connectivity index is 1.72. The lowest BCUT2D eigenvalue weighted by Crippen LogP contribution is -2.33. The second-order valence-electron chi connectivity index (χ2n) is 8.82. The molecule has 0 atom stereocenters. The molecule has 0 N–H and O–H groups in total. The summed E-state index contributed by atoms with van der Waals surface area (Å²) in [5, 5.41) is 5.48. The van der Waals surface area contributed by atoms with Crippen LogP contribution in [0.15, 0.2) is 72.8 Å². The van der Waals surface area contributed by atoms with Gasteiger partial charge in [0.15, 0.2) is 0 Å². The lowest BCUT2D eigenvalue weighted by molar-refractivity contribution is 0.982. The molecular weight excluding hydrogens is 372 g/mol. The maximum atomic E-state index is 2.48. The number of allylic oxidation sites excluding steroid dienone is 1. The van der Waals surface area contributed by atoms with Gasteiger partial charge >= 0.3 is 0 Å². The second kappa shape index (κ2) is 7.39. The van der Waals surface area contributed by atoms with Gasteiger partial charge in [-0.3, -0.25) is 0 Å². The summed E-state index contributed by atoms with van der Waals surface area (Å²) < 4.78 is 0. The fourth-order valence-electron chi connectivity index (χ4n) is 5.32. The third kappa shape index (κ3) is 3.06. The number of fused-ring (bicyclic) bond motifs is 3. The van der Waals surface area contributed by atoms with Crippen LogP contribution in [0, 0.1) is 6.92 Å². The van der Waals surface area contributed by atoms with Crippen LogP contribution in [0.5, 0.6) is 0 Å². The van der Waals surface area contributed by atoms with Crippen molar-refractivity contribution < 1.29 is 0 Å². The highest BCUT2D eigenvalue weighted by molar-refractivity contribution is 5.91. The first-order valence-electron chi connectivity index (χ1n) is 11.4. The van der Waals surface area contributed by atoms with Gasteiger partial charge in [-0.2, -0.15) is 0 Å². The molecule has 4 aromatic rings. The van der Waals surface area contributed by atoms with E-state index in [2.05, 4.69) is 98.0 Å². The van der Waals surface area contributed by atoms with Crippen molar-refractivity contribution in [1.82, 2.24) is 0 Å². The summed E-state index contributed by atoms with van der Waals surface area (Å²) in [6.45, 7) is 2.16. The van der Waals surface area contributed by atoms with E-state index in [-0.39, 0.29) is 0 Å². The van der Waals surface area contributed by atoms with Gasteiger partial charge in [-0.15, -0.1) is 0 Å². The number of rotatable bonds is 2. The molecule has 0 fully saturated rings. The Hall–Kier alpha value is -3.38. The lowest BCUT2D eigenvalue weighted by Gasteiger charge is -2.23. The summed E-state index contributed by atoms with van der Waals surface area (Å²) in [4.78, 5) is 0. The SMILES string of the molecule is Cc1ccc(-c2c3c(c(-c4ccc5ccccc5c4)c4c2=CCCC=4)CCC=C3)cc1. The number of benzene rings is 4. The highest BCUT2D eigenvalue weighted by atomic mass is 14.2. The van der Waals surface area contributed by atoms with Gasteiger partial charge in [-0.1, -0.05) is 90.5 Å². The first-order chi connectivity index (χ1) is 15.3. The van der Waals surface area contributed by atoms with Gasteiger partial charge in [0, 0.05) is 0 Å². The molecule has 0 saturated carbocycles. The zero-order valence-electron chi connectivity index (χ0n) is 18.0. The van der Waals surface area contributed by atoms with E-state index in [1.807, 2.05) is 0 Å². The van der Waals surface area contributed by atoms with Crippen LogP contribution in [0.2, 0.25) is 0 Å². The molecule has 0 aromatic heterocycles. The van der Waals surface area contributed by atoms with Crippen LogP contribution in [0.1, 0.15) is 36.0 Å². The monoisotopic (exact) mass is 398 g/mol. The molecule has 0 aliphatic heterocycles. The van der Waals surface area contributed by atoms with Crippen molar-refractivity contribution in [3.8, 4) is 22.3 Å². The molecule has 150 valence electrons. The molecule has 0 amide bonds. The van der Waals surface area contributed by atoms with Crippen molar-refractivity contribution in [1.29, 1.82) is 0 Å². The Labute approximate surface area is 183 Å². The predicted octanol–water partition coefficient (Wildman–Crippen LogP) is 6.80. The normalized spacial score (nSPS) is 14.5. The molecule has 0 spiro atoms. The van der Waals surface area contributed by atoms with Crippen molar-refractivity contribution in [3.63, 3.8) is 0 Å². The van der Waals surface area contributed by atoms with Crippen LogP contribution in [0.3, 0.4) is 0 Å². The Morgan fingerprint density at radius 1 is 0.645 bits per heavy atom. The van der Waals surface area contributed by atoms with Crippen molar-refractivity contribution in [3.05, 3.63) is 99.9 Å². The van der Waals surface area contributed by atoms with Gasteiger partial charge in [-0.05, 0) is 93.3 Å². The summed E-state index contributed by atoms with van der Waals surface area (Å²) in [7, 11) is 0. The minimum atomic E-state index is 1.11. The van der Waals surface area contributed by atoms with Gasteiger partial charge in [0.25, 0.3) is 0 Å². The van der Waals surface area contributed by atoms with Crippen LogP contribution < -0.4 is 10.4 Å². The van der Waals surface area contributed by atoms with Gasteiger partial charge in [0.05, 0.1) is 0 Å². The van der Waals surface area contributed by atoms with E-state index < -0.39 is 0 Å². The van der Waals surface area contributed by atoms with Crippen molar-refractivity contribution in [2.24, 2.45) is 0 Å². The topological polar surface area (TPSA) is 0 Å². The summed E-state index contributed by atoms with van der Waals surface area (Å²) in [5.74, 6) is 0. The molecule has 2 aliphatic rings. The van der Waals surface area contributed by atoms with Gasteiger partial charge in [-0.25, -0.2) is 0 Å². The fourth-order valence-corrected chi connectivity index (χ4v) is 5.32. The van der Waals surface area contributed by atoms with Crippen molar-refractivity contribution in [2.45, 2.75) is 32.6 Å². The molecule has 0 radical (unpaired) electrons. The molecule has 0 bridgehead atoms. The van der Waals surface area contributed by atoms with E-state index in [0.717, 1.165) is 25.7 Å². The summed E-state index contributed by atoms with van der Waals surface area (Å²) >= 11 is 0. The Morgan fingerprint density at radius 3 is 2.16 bits per heavy atom. The summed E-state index contributed by atoms with van der Waals surface area (Å²) in [6.07, 6.45) is 14.1. The van der Waals surface area contributed by atoms with Crippen LogP contribution in [-0.2, 0) is 6.42 Å². The van der Waals surface area contributed by atoms with E-state index in [9.17, 15) is 0 Å². The molecule has 2 aliphatic carbocycles. The summed E-state index contributed by atoms with van der Waals surface area (Å²) in [5.41, 5.74) is 9.80. The van der Waals surface area contributed by atoms with Crippen LogP contribution in [0.4, 0.5) is 0 Å². The standard InChI is InChI=1S/C31H26/c1-21-14-16-23(17-15-21)30-26-10-4-6-12-28(26)31(29-13-7-5-11-27(29)30)25-19-18-22-8-2-3-9-24(22)20-25/h2-4,8-11,13-20H,5-7,12H2,1H3. The molecule has 0 unspecified atom stereocenters. The van der Waals surface area contributed by atoms with Crippen molar-refractivity contribution in [2.75, 3.05) is 0 Å². The lowest BCUT2D eigenvalue weighted by atomic mass is 9.80. The second-order valence-corrected chi connectivity index (χ2v) is 8.82. The Morgan fingerprint density at radius 2 is 1.35 bits per heavy atom. The molecule has 0 heterocycles. The molecule has 0 saturated heterocycles. The predicted molar refractivity (Wildman–Crippen MR) is 134 cm³/mol. The maximum Gasteiger partial charge on any atom is -0.00331 e. The van der Waals surface area contributed by atoms with Crippen LogP contribution in [0.25, 0.3) is 51.3 Å². The Kier molecular flexibility index (Phi) is 4.39. The smallest absolute Gasteiger partial charge is 0.00331 e. The van der Waals surface area contributed by atoms with Gasteiger partial charge in [0.1, 0.15) is 0 Å². The first-order valence-corrected chi connectivity index (χ1v) is 11.4. The number of hydrogen-bond acceptors (Lipinski definition) is 0. The van der Waals surface area contributed by atoms with Gasteiger partial charge in [0.2, 0.25) is 0 Å². The quantitative estimate of drug-likeness (QED) is 0.348. The van der Waals surface area contributed by atoms with E-state index >= 15 is 0 Å². The minimum Gasteiger partial charge on any atom is -0.0836 e. The highest BCUT2D eigenvalue weighted by Gasteiger charge is 2.21. The maximum absolute atomic E-state index is 2.48. The zero-order valence-corrected chi connectivity index (χ0v) is 18.0. The van der Waals surface area contributed by atoms with E-state index in [1.165, 1.54) is 60.2 Å². The van der Waals surface area contributed by atoms with E-state index in [0.29, 0.717) is 0 Å². The average Bonchev–Trinajstić information content (AvgIpc) is 2.83. The molecule has 0 nitrogen and oxygen atoms in total. The highest BCUT2D eigenvalue weighted by Crippen LogP contribution is 2.35. The average molecular weight is 399 g/mol. The largest absolute Gasteiger partial charge is 0.0836 e. The number of hydrogen-bond donors (Lipinski definition) is 0. The Bertz CT molecular complexity index is 1460. The molecule has 4 aromatic carbocycles. The fraction of sp³-hybridized carbons (Fsp3) is 0.161. The van der Waals surface area contributed by atoms with Crippen molar-refractivity contribution >= 4 is 29.0 Å². The third-order valence-corrected chi connectivity index (χ3v) is 6.81. The zero-order chi connectivity index (χ0) is 20.8. The van der Waals surface area contributed by atoms with E-state index in [1.54, 1.807) is 0 Å². The summed E-state index contributed by atoms with van der Waals surface area (Å²) in [6, 6.07) is 24.8. The molecular formula is C31H26. The molecule has 31 heavy (non-hydrogen) atoms. The third-order valence-electron chi connectivity index (χ3n) is 6.81. The number of aryl methyl sites for hydroxylation is 1. The first kappa shape index (κ1) is 18.4. The molecule has 6 rings (SSSR count). The van der Waals surface area contributed by atoms with Crippen LogP contribution >= 0.6 is 0 Å². The van der Waals surface area contributed by atoms with Crippen LogP contribution in [-0.4, -0.2) is 0 Å². The van der Waals surface area contributed by atoms with E-state index in [4.69, 9.17) is 0 Å². The minimum absolute atomic E-state index is 1.11.